The topological polar surface area (TPSA) is 128 Å². The average molecular weight is 684 g/mol. The number of benzene rings is 2. The third kappa shape index (κ3) is 6.76. The number of likely N-dealkylation sites (N-methyl/N-ethyl adjacent to an activating group) is 1. The maximum atomic E-state index is 14.5. The molecule has 3 aliphatic rings. The normalized spacial score (nSPS) is 20.3. The fourth-order valence-electron chi connectivity index (χ4n) is 7.26. The van der Waals surface area contributed by atoms with Crippen molar-refractivity contribution in [2.24, 2.45) is 4.99 Å². The van der Waals surface area contributed by atoms with Gasteiger partial charge in [0.2, 0.25) is 0 Å². The molecule has 7 rings (SSSR count). The van der Waals surface area contributed by atoms with Crippen LogP contribution in [-0.4, -0.2) is 85.3 Å². The van der Waals surface area contributed by atoms with Gasteiger partial charge in [0.05, 0.1) is 29.9 Å². The fraction of sp³-hybridized carbons (Fsp3) is 0.351. The maximum Gasteiger partial charge on any atom is 0.337 e. The van der Waals surface area contributed by atoms with Crippen LogP contribution in [0.4, 0.5) is 8.78 Å². The first-order valence-corrected chi connectivity index (χ1v) is 16.9. The van der Waals surface area contributed by atoms with E-state index in [1.165, 1.54) is 21.4 Å². The lowest BCUT2D eigenvalue weighted by Crippen LogP contribution is -2.45. The first-order chi connectivity index (χ1) is 24.2. The van der Waals surface area contributed by atoms with Crippen LogP contribution < -0.4 is 16.6 Å². The summed E-state index contributed by atoms with van der Waals surface area (Å²) in [6.45, 7) is 2.13. The minimum absolute atomic E-state index is 0.00791. The van der Waals surface area contributed by atoms with E-state index in [4.69, 9.17) is 0 Å². The van der Waals surface area contributed by atoms with E-state index in [0.717, 1.165) is 47.6 Å². The number of nitrogens with one attached hydrogen (secondary N) is 1. The molecule has 11 nitrogen and oxygen atoms in total. The van der Waals surface area contributed by atoms with Crippen molar-refractivity contribution in [3.8, 4) is 22.6 Å². The van der Waals surface area contributed by atoms with E-state index in [1.807, 2.05) is 29.0 Å². The molecular weight excluding hydrogens is 644 g/mol. The van der Waals surface area contributed by atoms with Crippen molar-refractivity contribution in [2.75, 3.05) is 33.3 Å². The van der Waals surface area contributed by atoms with Gasteiger partial charge >= 0.3 is 5.69 Å². The summed E-state index contributed by atoms with van der Waals surface area (Å²) in [4.78, 5) is 40.8. The van der Waals surface area contributed by atoms with Crippen LogP contribution in [0.1, 0.15) is 37.3 Å². The molecule has 1 aliphatic carbocycles. The number of halogens is 2. The summed E-state index contributed by atoms with van der Waals surface area (Å²) in [5.74, 6) is -0.110. The van der Waals surface area contributed by atoms with Gasteiger partial charge in [-0.25, -0.2) is 23.1 Å². The minimum Gasteiger partial charge on any atom is -0.508 e. The van der Waals surface area contributed by atoms with Crippen molar-refractivity contribution in [3.63, 3.8) is 0 Å². The molecular formula is C37H39F2N7O4. The molecule has 2 aromatic carbocycles. The van der Waals surface area contributed by atoms with Crippen molar-refractivity contribution in [2.45, 2.75) is 50.4 Å². The van der Waals surface area contributed by atoms with Crippen molar-refractivity contribution in [3.05, 3.63) is 111 Å². The lowest BCUT2D eigenvalue weighted by molar-refractivity contribution is 0.217. The van der Waals surface area contributed by atoms with Crippen LogP contribution in [0.5, 0.6) is 5.75 Å². The highest BCUT2D eigenvalue weighted by Gasteiger charge is 2.29. The molecule has 1 fully saturated rings. The zero-order chi connectivity index (χ0) is 34.9. The van der Waals surface area contributed by atoms with Gasteiger partial charge in [-0.1, -0.05) is 18.2 Å². The molecule has 1 saturated carbocycles. The highest BCUT2D eigenvalue weighted by molar-refractivity contribution is 5.96. The second-order valence-electron chi connectivity index (χ2n) is 13.2. The number of phenolic OH excluding ortho intramolecular Hbond substituents is 1. The molecule has 3 N–H and O–H groups in total. The van der Waals surface area contributed by atoms with Crippen LogP contribution in [0.3, 0.4) is 0 Å². The van der Waals surface area contributed by atoms with Crippen LogP contribution in [0, 0.1) is 5.82 Å². The van der Waals surface area contributed by atoms with E-state index >= 15 is 0 Å². The molecule has 4 aromatic rings. The molecule has 0 saturated heterocycles. The Labute approximate surface area is 287 Å². The number of hydrogen-bond donors (Lipinski definition) is 3. The SMILES string of the molecule is CN(CCO)Cc1cc(O)ccc1-c1cccc(-n2c(=O)n(C3CCC(NCC4CN5C=C(F)C=CC5=N4)CC3)c(=O)c3cc(F)cnc32)c1. The highest BCUT2D eigenvalue weighted by atomic mass is 19.1. The fourth-order valence-corrected chi connectivity index (χ4v) is 7.26. The number of aliphatic imine (C=N–C) groups is 1. The van der Waals surface area contributed by atoms with E-state index in [1.54, 1.807) is 36.4 Å². The number of pyridine rings is 1. The van der Waals surface area contributed by atoms with Gasteiger partial charge in [0.15, 0.2) is 5.65 Å². The lowest BCUT2D eigenvalue weighted by Gasteiger charge is -2.31. The van der Waals surface area contributed by atoms with Crippen LogP contribution in [0.2, 0.25) is 0 Å². The number of amidine groups is 1. The second kappa shape index (κ2) is 14.1. The lowest BCUT2D eigenvalue weighted by atomic mass is 9.90. The molecule has 1 unspecified atom stereocenters. The van der Waals surface area contributed by atoms with Crippen molar-refractivity contribution in [1.29, 1.82) is 0 Å². The van der Waals surface area contributed by atoms with Gasteiger partial charge in [-0.15, -0.1) is 0 Å². The van der Waals surface area contributed by atoms with E-state index < -0.39 is 17.1 Å². The average Bonchev–Trinajstić information content (AvgIpc) is 3.51. The molecule has 2 aromatic heterocycles. The third-order valence-corrected chi connectivity index (χ3v) is 9.71. The molecule has 0 amide bonds. The Bertz CT molecular complexity index is 2130. The highest BCUT2D eigenvalue weighted by Crippen LogP contribution is 2.31. The van der Waals surface area contributed by atoms with Crippen molar-refractivity contribution in [1.82, 2.24) is 29.2 Å². The number of nitrogens with zero attached hydrogens (tertiary/aromatic N) is 6. The summed E-state index contributed by atoms with van der Waals surface area (Å²) < 4.78 is 30.8. The van der Waals surface area contributed by atoms with E-state index in [2.05, 4.69) is 15.3 Å². The number of allylic oxidation sites excluding steroid dienone is 2. The molecule has 0 spiro atoms. The van der Waals surface area contributed by atoms with Gasteiger partial charge in [0.1, 0.15) is 23.2 Å². The number of hydrogen-bond acceptors (Lipinski definition) is 9. The Hall–Kier alpha value is -4.98. The summed E-state index contributed by atoms with van der Waals surface area (Å²) in [6, 6.07) is 13.2. The summed E-state index contributed by atoms with van der Waals surface area (Å²) >= 11 is 0. The minimum atomic E-state index is -0.672. The third-order valence-electron chi connectivity index (χ3n) is 9.71. The van der Waals surface area contributed by atoms with Gasteiger partial charge < -0.3 is 20.4 Å². The standard InChI is InChI=1S/C37H39F2N7O4/c1-43(13-14-47)20-24-16-31(48)10-11-32(24)23-3-2-4-30(15-23)45-35-33(17-26(39)18-41-35)36(49)46(37(45)50)29-8-6-27(7-9-29)40-19-28-22-44-21-25(38)5-12-34(44)42-28/h2-5,10-12,15-18,21,27-29,40,47-48H,6-9,13-14,19-20,22H2,1H3. The van der Waals surface area contributed by atoms with E-state index in [9.17, 15) is 28.6 Å². The molecule has 2 aliphatic heterocycles. The molecule has 1 atom stereocenters. The van der Waals surface area contributed by atoms with E-state index in [-0.39, 0.29) is 47.3 Å². The van der Waals surface area contributed by atoms with Gasteiger partial charge in [-0.05, 0) is 91.9 Å². The van der Waals surface area contributed by atoms with E-state index in [0.29, 0.717) is 44.7 Å². The first-order valence-electron chi connectivity index (χ1n) is 16.9. The van der Waals surface area contributed by atoms with Crippen LogP contribution in [0.25, 0.3) is 27.8 Å². The molecule has 0 radical (unpaired) electrons. The zero-order valence-corrected chi connectivity index (χ0v) is 27.7. The summed E-state index contributed by atoms with van der Waals surface area (Å²) in [7, 11) is 1.87. The zero-order valence-electron chi connectivity index (χ0n) is 27.7. The first kappa shape index (κ1) is 33.5. The molecule has 50 heavy (non-hydrogen) atoms. The monoisotopic (exact) mass is 683 g/mol. The van der Waals surface area contributed by atoms with Crippen molar-refractivity contribution < 1.29 is 19.0 Å². The number of aliphatic hydroxyl groups excluding tert-OH is 1. The molecule has 13 heteroatoms. The number of aliphatic hydroxyl groups is 1. The Morgan fingerprint density at radius 2 is 1.86 bits per heavy atom. The summed E-state index contributed by atoms with van der Waals surface area (Å²) in [5.41, 5.74) is 1.83. The predicted molar refractivity (Wildman–Crippen MR) is 188 cm³/mol. The summed E-state index contributed by atoms with van der Waals surface area (Å²) in [5, 5.41) is 23.2. The molecule has 4 heterocycles. The number of aromatic nitrogens is 3. The Balaban J connectivity index is 1.17. The van der Waals surface area contributed by atoms with Crippen LogP contribution >= 0.6 is 0 Å². The number of aromatic hydroxyl groups is 1. The smallest absolute Gasteiger partial charge is 0.337 e. The second-order valence-corrected chi connectivity index (χ2v) is 13.2. The predicted octanol–water partition coefficient (Wildman–Crippen LogP) is 4.02. The summed E-state index contributed by atoms with van der Waals surface area (Å²) in [6.07, 6.45) is 8.13. The van der Waals surface area contributed by atoms with Crippen LogP contribution in [-0.2, 0) is 6.54 Å². The van der Waals surface area contributed by atoms with Gasteiger partial charge in [-0.2, -0.15) is 0 Å². The van der Waals surface area contributed by atoms with Gasteiger partial charge in [-0.3, -0.25) is 19.3 Å². The van der Waals surface area contributed by atoms with Crippen molar-refractivity contribution >= 4 is 16.9 Å². The Morgan fingerprint density at radius 3 is 2.66 bits per heavy atom. The van der Waals surface area contributed by atoms with Crippen LogP contribution in [0.15, 0.2) is 93.5 Å². The Morgan fingerprint density at radius 1 is 1.04 bits per heavy atom. The number of rotatable bonds is 10. The van der Waals surface area contributed by atoms with Gasteiger partial charge in [0, 0.05) is 44.5 Å². The largest absolute Gasteiger partial charge is 0.508 e. The Kier molecular flexibility index (Phi) is 9.45. The molecule has 0 bridgehead atoms. The number of phenols is 1. The number of fused-ring (bicyclic) bond motifs is 2. The van der Waals surface area contributed by atoms with Gasteiger partial charge in [0.25, 0.3) is 5.56 Å². The molecule has 260 valence electrons. The quantitative estimate of drug-likeness (QED) is 0.229. The maximum absolute atomic E-state index is 14.5.